The van der Waals surface area contributed by atoms with Crippen molar-refractivity contribution in [2.24, 2.45) is 0 Å². The number of hydrogen-bond donors (Lipinski definition) is 0. The number of carbonyl (C=O) groups is 2. The van der Waals surface area contributed by atoms with Crippen molar-refractivity contribution in [1.29, 1.82) is 0 Å². The Hall–Kier alpha value is -1.16. The Balaban J connectivity index is 2.91. The molecule has 1 saturated heterocycles. The molecule has 1 aliphatic rings. The average Bonchev–Trinajstić information content (AvgIpc) is 2.28. The molecular weight excluding hydrogens is 230 g/mol. The van der Waals surface area contributed by atoms with Gasteiger partial charge in [0.1, 0.15) is 5.78 Å². The molecule has 1 unspecified atom stereocenters. The topological polar surface area (TPSA) is 46.6 Å². The summed E-state index contributed by atoms with van der Waals surface area (Å²) in [5.74, 6) is 0.0951. The zero-order valence-corrected chi connectivity index (χ0v) is 11.6. The molecule has 1 aliphatic heterocycles. The lowest BCUT2D eigenvalue weighted by molar-refractivity contribution is -0.221. The van der Waals surface area contributed by atoms with E-state index in [0.29, 0.717) is 12.8 Å². The lowest BCUT2D eigenvalue weighted by Gasteiger charge is -2.44. The van der Waals surface area contributed by atoms with E-state index in [9.17, 15) is 9.59 Å². The van der Waals surface area contributed by atoms with Crippen LogP contribution in [0.3, 0.4) is 0 Å². The molecule has 0 bridgehead atoms. The van der Waals surface area contributed by atoms with Gasteiger partial charge in [-0.05, 0) is 39.5 Å². The standard InChI is InChI=1S/C14H23NO3/c1-4-5-6-9-14(11-12(2)16)10-7-8-13(17)15(14)18-3/h4-5H,6-11H2,1-3H3/b5-4+. The highest BCUT2D eigenvalue weighted by Crippen LogP contribution is 2.36. The maximum absolute atomic E-state index is 11.9. The molecule has 1 amide bonds. The summed E-state index contributed by atoms with van der Waals surface area (Å²) in [6, 6.07) is 0. The van der Waals surface area contributed by atoms with Crippen LogP contribution in [0.1, 0.15) is 52.4 Å². The fourth-order valence-corrected chi connectivity index (χ4v) is 2.79. The third kappa shape index (κ3) is 3.42. The van der Waals surface area contributed by atoms with Crippen LogP contribution in [0.4, 0.5) is 0 Å². The van der Waals surface area contributed by atoms with Crippen molar-refractivity contribution in [3.63, 3.8) is 0 Å². The highest BCUT2D eigenvalue weighted by molar-refractivity contribution is 5.81. The Morgan fingerprint density at radius 3 is 2.83 bits per heavy atom. The van der Waals surface area contributed by atoms with Gasteiger partial charge >= 0.3 is 0 Å². The molecule has 0 spiro atoms. The van der Waals surface area contributed by atoms with Gasteiger partial charge in [0.2, 0.25) is 5.91 Å². The SMILES string of the molecule is C/C=C/CCC1(CC(C)=O)CCCC(=O)N1OC. The zero-order chi connectivity index (χ0) is 13.6. The fraction of sp³-hybridized carbons (Fsp3) is 0.714. The molecule has 4 heteroatoms. The zero-order valence-electron chi connectivity index (χ0n) is 11.6. The van der Waals surface area contributed by atoms with Crippen LogP contribution in [-0.4, -0.2) is 29.4 Å². The molecule has 0 saturated carbocycles. The number of amides is 1. The Morgan fingerprint density at radius 1 is 1.56 bits per heavy atom. The van der Waals surface area contributed by atoms with Crippen molar-refractivity contribution in [1.82, 2.24) is 5.06 Å². The molecule has 1 heterocycles. The summed E-state index contributed by atoms with van der Waals surface area (Å²) in [5.41, 5.74) is -0.449. The minimum Gasteiger partial charge on any atom is -0.300 e. The second-order valence-electron chi connectivity index (χ2n) is 4.94. The van der Waals surface area contributed by atoms with Crippen molar-refractivity contribution < 1.29 is 14.4 Å². The van der Waals surface area contributed by atoms with E-state index in [2.05, 4.69) is 6.08 Å². The Morgan fingerprint density at radius 2 is 2.28 bits per heavy atom. The van der Waals surface area contributed by atoms with Gasteiger partial charge in [-0.15, -0.1) is 0 Å². The first-order valence-electron chi connectivity index (χ1n) is 6.53. The average molecular weight is 253 g/mol. The number of allylic oxidation sites excluding steroid dienone is 2. The number of hydroxylamine groups is 2. The molecule has 4 nitrogen and oxygen atoms in total. The van der Waals surface area contributed by atoms with Crippen molar-refractivity contribution in [2.45, 2.75) is 57.9 Å². The second-order valence-corrected chi connectivity index (χ2v) is 4.94. The number of rotatable bonds is 6. The quantitative estimate of drug-likeness (QED) is 0.684. The van der Waals surface area contributed by atoms with Crippen molar-refractivity contribution in [3.8, 4) is 0 Å². The normalized spacial score (nSPS) is 24.8. The van der Waals surface area contributed by atoms with Crippen LogP contribution in [0.2, 0.25) is 0 Å². The minimum absolute atomic E-state index is 0.00882. The third-order valence-electron chi connectivity index (χ3n) is 3.46. The molecule has 102 valence electrons. The van der Waals surface area contributed by atoms with Gasteiger partial charge in [-0.3, -0.25) is 14.4 Å². The molecule has 1 rings (SSSR count). The van der Waals surface area contributed by atoms with E-state index in [1.54, 1.807) is 6.92 Å². The Bertz CT molecular complexity index is 338. The molecule has 0 aliphatic carbocycles. The summed E-state index contributed by atoms with van der Waals surface area (Å²) >= 11 is 0. The van der Waals surface area contributed by atoms with Crippen LogP contribution in [0.15, 0.2) is 12.2 Å². The molecular formula is C14H23NO3. The highest BCUT2D eigenvalue weighted by atomic mass is 16.7. The first-order chi connectivity index (χ1) is 8.55. The van der Waals surface area contributed by atoms with Crippen molar-refractivity contribution >= 4 is 11.7 Å². The van der Waals surface area contributed by atoms with Crippen molar-refractivity contribution in [2.75, 3.05) is 7.11 Å². The van der Waals surface area contributed by atoms with E-state index in [1.165, 1.54) is 12.2 Å². The van der Waals surface area contributed by atoms with Crippen LogP contribution < -0.4 is 0 Å². The van der Waals surface area contributed by atoms with Gasteiger partial charge in [0.05, 0.1) is 12.6 Å². The number of Topliss-reactive ketones (excluding diaryl/α,β-unsaturated/α-hetero) is 1. The first-order valence-corrected chi connectivity index (χ1v) is 6.53. The van der Waals surface area contributed by atoms with E-state index < -0.39 is 5.54 Å². The Labute approximate surface area is 109 Å². The van der Waals surface area contributed by atoms with E-state index in [-0.39, 0.29) is 11.7 Å². The number of nitrogens with zero attached hydrogens (tertiary/aromatic N) is 1. The summed E-state index contributed by atoms with van der Waals surface area (Å²) in [6.45, 7) is 3.54. The van der Waals surface area contributed by atoms with Gasteiger partial charge in [-0.1, -0.05) is 12.2 Å². The predicted molar refractivity (Wildman–Crippen MR) is 69.8 cm³/mol. The molecule has 1 atom stereocenters. The summed E-state index contributed by atoms with van der Waals surface area (Å²) in [4.78, 5) is 28.7. The molecule has 0 aromatic carbocycles. The van der Waals surface area contributed by atoms with Gasteiger partial charge in [0.15, 0.2) is 0 Å². The monoisotopic (exact) mass is 253 g/mol. The maximum Gasteiger partial charge on any atom is 0.246 e. The molecule has 0 aromatic heterocycles. The number of ketones is 1. The third-order valence-corrected chi connectivity index (χ3v) is 3.46. The fourth-order valence-electron chi connectivity index (χ4n) is 2.79. The summed E-state index contributed by atoms with van der Waals surface area (Å²) < 4.78 is 0. The smallest absolute Gasteiger partial charge is 0.246 e. The van der Waals surface area contributed by atoms with E-state index >= 15 is 0 Å². The van der Waals surface area contributed by atoms with Gasteiger partial charge in [0, 0.05) is 12.8 Å². The summed E-state index contributed by atoms with van der Waals surface area (Å²) in [7, 11) is 1.51. The lowest BCUT2D eigenvalue weighted by Crippen LogP contribution is -2.54. The predicted octanol–water partition coefficient (Wildman–Crippen LogP) is 2.63. The van der Waals surface area contributed by atoms with Gasteiger partial charge in [-0.25, -0.2) is 5.06 Å². The largest absolute Gasteiger partial charge is 0.300 e. The van der Waals surface area contributed by atoms with Gasteiger partial charge < -0.3 is 0 Å². The number of carbonyl (C=O) groups excluding carboxylic acids is 2. The van der Waals surface area contributed by atoms with Crippen LogP contribution in [0.5, 0.6) is 0 Å². The molecule has 0 radical (unpaired) electrons. The number of piperidine rings is 1. The van der Waals surface area contributed by atoms with E-state index in [4.69, 9.17) is 4.84 Å². The highest BCUT2D eigenvalue weighted by Gasteiger charge is 2.43. The van der Waals surface area contributed by atoms with E-state index in [0.717, 1.165) is 25.7 Å². The second kappa shape index (κ2) is 6.69. The van der Waals surface area contributed by atoms with Gasteiger partial charge in [0.25, 0.3) is 0 Å². The van der Waals surface area contributed by atoms with Crippen LogP contribution in [0.25, 0.3) is 0 Å². The Kier molecular flexibility index (Phi) is 5.54. The molecule has 1 fully saturated rings. The van der Waals surface area contributed by atoms with Gasteiger partial charge in [-0.2, -0.15) is 0 Å². The van der Waals surface area contributed by atoms with Crippen molar-refractivity contribution in [3.05, 3.63) is 12.2 Å². The maximum atomic E-state index is 11.9. The minimum atomic E-state index is -0.449. The van der Waals surface area contributed by atoms with E-state index in [1.807, 2.05) is 13.0 Å². The van der Waals surface area contributed by atoms with Crippen LogP contribution in [-0.2, 0) is 14.4 Å². The summed E-state index contributed by atoms with van der Waals surface area (Å²) in [5, 5.41) is 1.45. The first kappa shape index (κ1) is 14.9. The number of hydrogen-bond acceptors (Lipinski definition) is 3. The summed E-state index contributed by atoms with van der Waals surface area (Å²) in [6.07, 6.45) is 8.25. The lowest BCUT2D eigenvalue weighted by atomic mass is 9.80. The van der Waals surface area contributed by atoms with Crippen LogP contribution >= 0.6 is 0 Å². The molecule has 0 aromatic rings. The molecule has 18 heavy (non-hydrogen) atoms. The van der Waals surface area contributed by atoms with Crippen LogP contribution in [0, 0.1) is 0 Å². The molecule has 0 N–H and O–H groups in total.